The Balaban J connectivity index is 1.27. The van der Waals surface area contributed by atoms with E-state index < -0.39 is 5.41 Å². The lowest BCUT2D eigenvalue weighted by atomic mass is 9.67. The van der Waals surface area contributed by atoms with Crippen LogP contribution < -0.4 is 0 Å². The van der Waals surface area contributed by atoms with Gasteiger partial charge in [-0.3, -0.25) is 0 Å². The lowest BCUT2D eigenvalue weighted by molar-refractivity contribution is 0.769. The maximum atomic E-state index is 5.44. The van der Waals surface area contributed by atoms with Crippen molar-refractivity contribution in [2.45, 2.75) is 5.41 Å². The van der Waals surface area contributed by atoms with Crippen molar-refractivity contribution in [1.29, 1.82) is 0 Å². The van der Waals surface area contributed by atoms with Crippen LogP contribution >= 0.6 is 0 Å². The van der Waals surface area contributed by atoms with Crippen molar-refractivity contribution in [3.63, 3.8) is 0 Å². The first-order valence-electron chi connectivity index (χ1n) is 18.8. The maximum Gasteiger partial charge on any atom is 0.165 e. The van der Waals surface area contributed by atoms with Crippen molar-refractivity contribution >= 4 is 32.3 Å². The van der Waals surface area contributed by atoms with Crippen LogP contribution in [0, 0.1) is 0 Å². The van der Waals surface area contributed by atoms with Crippen LogP contribution in [0.25, 0.3) is 77.6 Å². The van der Waals surface area contributed by atoms with Crippen LogP contribution in [0.5, 0.6) is 0 Å². The zero-order valence-corrected chi connectivity index (χ0v) is 29.9. The molecule has 3 nitrogen and oxygen atoms in total. The van der Waals surface area contributed by atoms with Crippen LogP contribution in [-0.2, 0) is 5.41 Å². The van der Waals surface area contributed by atoms with Crippen LogP contribution in [-0.4, -0.2) is 15.0 Å². The predicted molar refractivity (Wildman–Crippen MR) is 226 cm³/mol. The van der Waals surface area contributed by atoms with Gasteiger partial charge < -0.3 is 0 Å². The quantitative estimate of drug-likeness (QED) is 0.179. The second-order valence-electron chi connectivity index (χ2n) is 14.4. The fraction of sp³-hybridized carbons (Fsp3) is 0.0192. The minimum Gasteiger partial charge on any atom is -0.208 e. The summed E-state index contributed by atoms with van der Waals surface area (Å²) in [5, 5.41) is 6.89. The Morgan fingerprint density at radius 3 is 1.38 bits per heavy atom. The number of nitrogens with zero attached hydrogens (tertiary/aromatic N) is 3. The van der Waals surface area contributed by atoms with E-state index in [4.69, 9.17) is 15.0 Å². The molecule has 0 radical (unpaired) electrons. The van der Waals surface area contributed by atoms with Gasteiger partial charge in [0.2, 0.25) is 0 Å². The number of hydrogen-bond acceptors (Lipinski definition) is 3. The van der Waals surface area contributed by atoms with Crippen LogP contribution in [0.15, 0.2) is 200 Å². The highest BCUT2D eigenvalue weighted by Gasteiger charge is 2.47. The topological polar surface area (TPSA) is 38.7 Å². The Hall–Kier alpha value is -7.23. The Morgan fingerprint density at radius 1 is 0.309 bits per heavy atom. The van der Waals surface area contributed by atoms with Gasteiger partial charge in [0.25, 0.3) is 0 Å². The van der Waals surface area contributed by atoms with E-state index in [9.17, 15) is 0 Å². The molecule has 256 valence electrons. The summed E-state index contributed by atoms with van der Waals surface area (Å²) >= 11 is 0. The molecule has 0 N–H and O–H groups in total. The van der Waals surface area contributed by atoms with Gasteiger partial charge in [-0.1, -0.05) is 182 Å². The maximum absolute atomic E-state index is 5.44. The van der Waals surface area contributed by atoms with E-state index in [-0.39, 0.29) is 0 Å². The minimum atomic E-state index is -0.567. The van der Waals surface area contributed by atoms with Crippen molar-refractivity contribution in [1.82, 2.24) is 15.0 Å². The Morgan fingerprint density at radius 2 is 0.782 bits per heavy atom. The second kappa shape index (κ2) is 12.4. The van der Waals surface area contributed by atoms with E-state index in [0.29, 0.717) is 17.5 Å². The highest BCUT2D eigenvalue weighted by atomic mass is 15.0. The normalized spacial score (nSPS) is 12.9. The van der Waals surface area contributed by atoms with Crippen LogP contribution in [0.1, 0.15) is 22.3 Å². The third-order valence-electron chi connectivity index (χ3n) is 11.3. The molecule has 0 saturated heterocycles. The number of aromatic nitrogens is 3. The van der Waals surface area contributed by atoms with Crippen molar-refractivity contribution in [3.8, 4) is 45.3 Å². The molecule has 1 aromatic heterocycles. The molecule has 10 aromatic rings. The fourth-order valence-corrected chi connectivity index (χ4v) is 8.90. The summed E-state index contributed by atoms with van der Waals surface area (Å²) in [6.07, 6.45) is 0. The largest absolute Gasteiger partial charge is 0.208 e. The predicted octanol–water partition coefficient (Wildman–Crippen LogP) is 12.7. The summed E-state index contributed by atoms with van der Waals surface area (Å²) in [5.41, 5.74) is 9.60. The zero-order valence-electron chi connectivity index (χ0n) is 29.9. The third-order valence-corrected chi connectivity index (χ3v) is 11.3. The van der Waals surface area contributed by atoms with Crippen LogP contribution in [0.4, 0.5) is 0 Å². The molecular weight excluding hydrogens is 667 g/mol. The summed E-state index contributed by atoms with van der Waals surface area (Å²) < 4.78 is 0. The van der Waals surface area contributed by atoms with Crippen molar-refractivity contribution in [3.05, 3.63) is 222 Å². The van der Waals surface area contributed by atoms with E-state index in [2.05, 4.69) is 200 Å². The van der Waals surface area contributed by atoms with Gasteiger partial charge in [0.15, 0.2) is 17.5 Å². The Kier molecular flexibility index (Phi) is 7.08. The summed E-state index contributed by atoms with van der Waals surface area (Å²) in [4.78, 5) is 16.1. The highest BCUT2D eigenvalue weighted by molar-refractivity contribution is 6.08. The molecule has 1 heterocycles. The molecule has 55 heavy (non-hydrogen) atoms. The average molecular weight is 700 g/mol. The van der Waals surface area contributed by atoms with E-state index in [1.54, 1.807) is 0 Å². The van der Waals surface area contributed by atoms with Gasteiger partial charge in [-0.25, -0.2) is 15.0 Å². The van der Waals surface area contributed by atoms with E-state index in [0.717, 1.165) is 43.8 Å². The van der Waals surface area contributed by atoms with Crippen LogP contribution in [0.2, 0.25) is 0 Å². The van der Waals surface area contributed by atoms with E-state index in [1.165, 1.54) is 38.6 Å². The SMILES string of the molecule is c1ccc(C2(c3ccccc3)c3ccccc3-c3c2cc2ccccc2c3-c2nc(-c3ccc4ccccc4c3)nc(-c3ccc4ccccc4c3)n2)cc1. The summed E-state index contributed by atoms with van der Waals surface area (Å²) in [6, 6.07) is 71.7. The Labute approximate surface area is 319 Å². The van der Waals surface area contributed by atoms with E-state index >= 15 is 0 Å². The molecule has 3 heteroatoms. The number of fused-ring (bicyclic) bond motifs is 6. The van der Waals surface area contributed by atoms with Crippen molar-refractivity contribution in [2.24, 2.45) is 0 Å². The molecular formula is C52H33N3. The first kappa shape index (κ1) is 31.3. The smallest absolute Gasteiger partial charge is 0.165 e. The van der Waals surface area contributed by atoms with Gasteiger partial charge in [-0.15, -0.1) is 0 Å². The summed E-state index contributed by atoms with van der Waals surface area (Å²) in [5.74, 6) is 1.94. The van der Waals surface area contributed by atoms with Gasteiger partial charge in [0, 0.05) is 16.7 Å². The molecule has 0 spiro atoms. The van der Waals surface area contributed by atoms with Gasteiger partial charge >= 0.3 is 0 Å². The molecule has 0 bridgehead atoms. The Bertz CT molecular complexity index is 2960. The zero-order chi connectivity index (χ0) is 36.3. The molecule has 9 aromatic carbocycles. The molecule has 0 fully saturated rings. The molecule has 1 aliphatic carbocycles. The third kappa shape index (κ3) is 4.87. The van der Waals surface area contributed by atoms with Crippen LogP contribution in [0.3, 0.4) is 0 Å². The van der Waals surface area contributed by atoms with Gasteiger partial charge in [-0.05, 0) is 83.9 Å². The van der Waals surface area contributed by atoms with Crippen molar-refractivity contribution in [2.75, 3.05) is 0 Å². The number of rotatable bonds is 5. The standard InChI is InChI=1S/C52H33N3/c1-3-20-41(21-4-1)52(42-22-5-2-6-23-42)45-26-14-13-25-44(45)47-46(52)33-38-19-11-12-24-43(38)48(47)51-54-49(39-29-27-34-15-7-9-17-36(34)31-39)53-50(55-51)40-30-28-35-16-8-10-18-37(35)32-40/h1-33H. The van der Waals surface area contributed by atoms with Gasteiger partial charge in [0.05, 0.1) is 5.41 Å². The average Bonchev–Trinajstić information content (AvgIpc) is 3.56. The molecule has 0 aliphatic heterocycles. The molecule has 0 amide bonds. The lowest BCUT2D eigenvalue weighted by Crippen LogP contribution is -2.28. The molecule has 0 atom stereocenters. The first-order chi connectivity index (χ1) is 27.3. The molecule has 1 aliphatic rings. The fourth-order valence-electron chi connectivity index (χ4n) is 8.90. The second-order valence-corrected chi connectivity index (χ2v) is 14.4. The van der Waals surface area contributed by atoms with E-state index in [1.807, 2.05) is 0 Å². The number of hydrogen-bond donors (Lipinski definition) is 0. The first-order valence-corrected chi connectivity index (χ1v) is 18.8. The molecule has 11 rings (SSSR count). The monoisotopic (exact) mass is 699 g/mol. The van der Waals surface area contributed by atoms with Crippen molar-refractivity contribution < 1.29 is 0 Å². The summed E-state index contributed by atoms with van der Waals surface area (Å²) in [6.45, 7) is 0. The molecule has 0 unspecified atom stereocenters. The number of benzene rings is 9. The van der Waals surface area contributed by atoms with Gasteiger partial charge in [0.1, 0.15) is 0 Å². The lowest BCUT2D eigenvalue weighted by Gasteiger charge is -2.34. The minimum absolute atomic E-state index is 0.567. The summed E-state index contributed by atoms with van der Waals surface area (Å²) in [7, 11) is 0. The highest BCUT2D eigenvalue weighted by Crippen LogP contribution is 2.59. The molecule has 0 saturated carbocycles. The van der Waals surface area contributed by atoms with Gasteiger partial charge in [-0.2, -0.15) is 0 Å².